The van der Waals surface area contributed by atoms with Crippen LogP contribution in [0.1, 0.15) is 335 Å². The van der Waals surface area contributed by atoms with E-state index in [2.05, 4.69) is 172 Å². The summed E-state index contributed by atoms with van der Waals surface area (Å²) in [5.41, 5.74) is 0. The number of carboxylic acid groups (broad SMARTS) is 1. The zero-order valence-electron chi connectivity index (χ0n) is 64.6. The molecule has 0 aliphatic rings. The van der Waals surface area contributed by atoms with Crippen LogP contribution in [0.4, 0.5) is 0 Å². The lowest BCUT2D eigenvalue weighted by atomic mass is 10.0. The highest BCUT2D eigenvalue weighted by Crippen LogP contribution is 2.18. The zero-order chi connectivity index (χ0) is 71.8. The topological polar surface area (TPSA) is 108 Å². The quantitative estimate of drug-likeness (QED) is 0.0211. The van der Waals surface area contributed by atoms with E-state index in [9.17, 15) is 19.5 Å². The average molecular weight is 1380 g/mol. The fourth-order valence-electron chi connectivity index (χ4n) is 11.1. The normalized spacial score (nSPS) is 13.5. The molecule has 2 unspecified atom stereocenters. The first-order valence-corrected chi connectivity index (χ1v) is 40.6. The lowest BCUT2D eigenvalue weighted by Gasteiger charge is -2.25. The molecular formula is C90H152NO8+. The van der Waals surface area contributed by atoms with E-state index in [1.807, 2.05) is 21.1 Å². The fourth-order valence-corrected chi connectivity index (χ4v) is 11.1. The summed E-state index contributed by atoms with van der Waals surface area (Å²) >= 11 is 0. The minimum Gasteiger partial charge on any atom is -0.477 e. The molecule has 0 aliphatic heterocycles. The van der Waals surface area contributed by atoms with E-state index in [1.165, 1.54) is 180 Å². The molecule has 1 N–H and O–H groups in total. The van der Waals surface area contributed by atoms with Crippen LogP contribution in [0.15, 0.2) is 158 Å². The standard InChI is InChI=1S/C90H151NO8/c1-6-8-10-12-14-16-18-20-22-24-26-28-30-32-34-36-38-40-41-42-43-44-45-46-47-49-51-53-55-57-59-61-63-65-67-69-71-73-75-77-79-81-88(93)99-86(85-98-90(89(94)95)96-83-82-91(3,4)5)84-97-87(92)80-78-76-74-72-70-68-66-64-62-60-58-56-54-52-50-48-39-37-35-33-31-29-27-25-23-21-19-17-15-13-11-9-7-2/h8,10,14,16,19-22,25-28,32,34,38,40,42-43,45-46,49,51,55,57,61,63,86,90H,6-7,9,11-13,15,17-18,23-24,29-31,33,35-37,39,41,44,47-48,50,52-54,56,58-60,62,64-85H2,1-5H3/p+1/b10-8-,16-14-,21-19-,22-20-,27-25-,28-26-,34-32-,40-38-,43-42-,46-45-,51-49-,57-55-,63-61-. The van der Waals surface area contributed by atoms with E-state index in [1.54, 1.807) is 0 Å². The first-order valence-electron chi connectivity index (χ1n) is 40.6. The van der Waals surface area contributed by atoms with Gasteiger partial charge in [-0.1, -0.05) is 352 Å². The molecule has 0 amide bonds. The molecule has 0 aromatic carbocycles. The predicted molar refractivity (Wildman–Crippen MR) is 428 cm³/mol. The van der Waals surface area contributed by atoms with Crippen molar-refractivity contribution in [3.05, 3.63) is 158 Å². The first-order chi connectivity index (χ1) is 48.6. The SMILES string of the molecule is CC/C=C\C/C=C\C/C=C\C/C=C\C/C=C\C/C=C\C/C=C\C/C=C\C/C=C\C/C=C\C/C=C\CCCCCCCCCC(=O)OC(COC(=O)CCCCCCCCCCCCCCCCCCCCCCC/C=C\C/C=C\CCCCCCC)COC(OCC[N+](C)(C)C)C(=O)O. The molecule has 0 saturated heterocycles. The van der Waals surface area contributed by atoms with Crippen LogP contribution in [0.3, 0.4) is 0 Å². The van der Waals surface area contributed by atoms with Crippen LogP contribution < -0.4 is 0 Å². The summed E-state index contributed by atoms with van der Waals surface area (Å²) in [5.74, 6) is -2.02. The lowest BCUT2D eigenvalue weighted by molar-refractivity contribution is -0.870. The molecule has 9 nitrogen and oxygen atoms in total. The van der Waals surface area contributed by atoms with Crippen molar-refractivity contribution < 1.29 is 42.9 Å². The molecule has 0 aliphatic carbocycles. The zero-order valence-corrected chi connectivity index (χ0v) is 64.6. The third kappa shape index (κ3) is 80.1. The first kappa shape index (κ1) is 93.9. The molecule has 0 aromatic rings. The molecule has 0 saturated carbocycles. The van der Waals surface area contributed by atoms with Gasteiger partial charge < -0.3 is 28.5 Å². The molecule has 99 heavy (non-hydrogen) atoms. The second-order valence-corrected chi connectivity index (χ2v) is 28.0. The van der Waals surface area contributed by atoms with E-state index in [0.717, 1.165) is 122 Å². The molecule has 0 rings (SSSR count). The largest absolute Gasteiger partial charge is 0.477 e. The molecule has 0 spiro atoms. The Labute approximate surface area is 610 Å². The molecule has 9 heteroatoms. The number of carboxylic acids is 1. The summed E-state index contributed by atoms with van der Waals surface area (Å²) in [6.07, 6.45) is 114. The van der Waals surface area contributed by atoms with Gasteiger partial charge in [0.2, 0.25) is 0 Å². The van der Waals surface area contributed by atoms with Crippen LogP contribution >= 0.6 is 0 Å². The average Bonchev–Trinajstić information content (AvgIpc) is 2.62. The van der Waals surface area contributed by atoms with Crippen LogP contribution in [0.2, 0.25) is 0 Å². The summed E-state index contributed by atoms with van der Waals surface area (Å²) in [4.78, 5) is 37.8. The lowest BCUT2D eigenvalue weighted by Crippen LogP contribution is -2.40. The smallest absolute Gasteiger partial charge is 0.361 e. The maximum absolute atomic E-state index is 13.0. The van der Waals surface area contributed by atoms with E-state index in [-0.39, 0.29) is 32.2 Å². The minimum absolute atomic E-state index is 0.179. The van der Waals surface area contributed by atoms with Crippen molar-refractivity contribution in [3.8, 4) is 0 Å². The van der Waals surface area contributed by atoms with Gasteiger partial charge in [-0.3, -0.25) is 9.59 Å². The maximum atomic E-state index is 13.0. The second kappa shape index (κ2) is 78.6. The predicted octanol–water partition coefficient (Wildman–Crippen LogP) is 26.4. The number of rotatable bonds is 74. The van der Waals surface area contributed by atoms with Crippen molar-refractivity contribution in [2.24, 2.45) is 0 Å². The molecule has 0 fully saturated rings. The van der Waals surface area contributed by atoms with Crippen molar-refractivity contribution in [1.82, 2.24) is 0 Å². The molecule has 0 radical (unpaired) electrons. The monoisotopic (exact) mass is 1380 g/mol. The van der Waals surface area contributed by atoms with Crippen molar-refractivity contribution in [2.45, 2.75) is 347 Å². The Morgan fingerprint density at radius 1 is 0.313 bits per heavy atom. The van der Waals surface area contributed by atoms with Gasteiger partial charge in [0.05, 0.1) is 34.4 Å². The molecule has 564 valence electrons. The Morgan fingerprint density at radius 3 is 0.859 bits per heavy atom. The van der Waals surface area contributed by atoms with E-state index < -0.39 is 24.3 Å². The summed E-state index contributed by atoms with van der Waals surface area (Å²) in [5, 5.41) is 9.78. The van der Waals surface area contributed by atoms with Gasteiger partial charge in [0.1, 0.15) is 13.2 Å². The Hall–Kier alpha value is -5.09. The number of hydrogen-bond acceptors (Lipinski definition) is 7. The van der Waals surface area contributed by atoms with Crippen molar-refractivity contribution in [1.29, 1.82) is 0 Å². The van der Waals surface area contributed by atoms with Gasteiger partial charge in [-0.05, 0) is 128 Å². The number of aliphatic carboxylic acids is 1. The van der Waals surface area contributed by atoms with Gasteiger partial charge >= 0.3 is 17.9 Å². The maximum Gasteiger partial charge on any atom is 0.361 e. The van der Waals surface area contributed by atoms with Gasteiger partial charge in [0.15, 0.2) is 6.10 Å². The van der Waals surface area contributed by atoms with Crippen molar-refractivity contribution in [3.63, 3.8) is 0 Å². The number of allylic oxidation sites excluding steroid dienone is 26. The molecule has 0 bridgehead atoms. The van der Waals surface area contributed by atoms with Gasteiger partial charge in [-0.15, -0.1) is 0 Å². The molecular weight excluding hydrogens is 1220 g/mol. The number of nitrogens with zero attached hydrogens (tertiary/aromatic N) is 1. The second-order valence-electron chi connectivity index (χ2n) is 28.0. The summed E-state index contributed by atoms with van der Waals surface area (Å²) in [6, 6.07) is 0. The van der Waals surface area contributed by atoms with Gasteiger partial charge in [-0.25, -0.2) is 4.79 Å². The van der Waals surface area contributed by atoms with Crippen LogP contribution in [0, 0.1) is 0 Å². The Kier molecular flexibility index (Phi) is 74.6. The van der Waals surface area contributed by atoms with Crippen molar-refractivity contribution in [2.75, 3.05) is 47.5 Å². The number of esters is 2. The van der Waals surface area contributed by atoms with Crippen LogP contribution in [-0.2, 0) is 33.3 Å². The number of carbonyl (C=O) groups excluding carboxylic acids is 2. The number of carbonyl (C=O) groups is 3. The fraction of sp³-hybridized carbons (Fsp3) is 0.678. The summed E-state index contributed by atoms with van der Waals surface area (Å²) in [7, 11) is 5.98. The third-order valence-electron chi connectivity index (χ3n) is 17.3. The number of likely N-dealkylation sites (N-methyl/N-ethyl adjacent to an activating group) is 1. The highest BCUT2D eigenvalue weighted by molar-refractivity contribution is 5.71. The Bertz CT molecular complexity index is 2200. The molecule has 2 atom stereocenters. The Morgan fingerprint density at radius 2 is 0.576 bits per heavy atom. The molecule has 0 heterocycles. The van der Waals surface area contributed by atoms with Gasteiger partial charge in [0.25, 0.3) is 6.29 Å². The van der Waals surface area contributed by atoms with Crippen molar-refractivity contribution >= 4 is 17.9 Å². The van der Waals surface area contributed by atoms with E-state index >= 15 is 0 Å². The van der Waals surface area contributed by atoms with E-state index in [4.69, 9.17) is 18.9 Å². The summed E-state index contributed by atoms with van der Waals surface area (Å²) in [6.45, 7) is 4.76. The molecule has 0 aromatic heterocycles. The number of quaternary nitrogens is 1. The van der Waals surface area contributed by atoms with Crippen LogP contribution in [-0.4, -0.2) is 87.4 Å². The number of ether oxygens (including phenoxy) is 4. The summed E-state index contributed by atoms with van der Waals surface area (Å²) < 4.78 is 23.0. The number of unbranched alkanes of at least 4 members (excludes halogenated alkanes) is 33. The van der Waals surface area contributed by atoms with E-state index in [0.29, 0.717) is 23.9 Å². The third-order valence-corrected chi connectivity index (χ3v) is 17.3. The number of hydrogen-bond donors (Lipinski definition) is 1. The highest BCUT2D eigenvalue weighted by atomic mass is 16.7. The van der Waals surface area contributed by atoms with Gasteiger partial charge in [0, 0.05) is 12.8 Å². The minimum atomic E-state index is -1.52. The van der Waals surface area contributed by atoms with Crippen LogP contribution in [0.5, 0.6) is 0 Å². The van der Waals surface area contributed by atoms with Gasteiger partial charge in [-0.2, -0.15) is 0 Å². The Balaban J connectivity index is 4.11. The van der Waals surface area contributed by atoms with Crippen LogP contribution in [0.25, 0.3) is 0 Å². The highest BCUT2D eigenvalue weighted by Gasteiger charge is 2.25.